The molecule has 1 heterocycles. The minimum Gasteiger partial charge on any atom is -0.481 e. The van der Waals surface area contributed by atoms with Crippen molar-refractivity contribution in [2.24, 2.45) is 0 Å². The van der Waals surface area contributed by atoms with Crippen LogP contribution in [0.15, 0.2) is 0 Å². The Labute approximate surface area is 114 Å². The van der Waals surface area contributed by atoms with Crippen LogP contribution in [0.3, 0.4) is 0 Å². The second kappa shape index (κ2) is 8.87. The molecule has 0 atom stereocenters. The summed E-state index contributed by atoms with van der Waals surface area (Å²) in [5.74, 6) is -0.789. The van der Waals surface area contributed by atoms with E-state index in [0.29, 0.717) is 19.5 Å². The van der Waals surface area contributed by atoms with Crippen LogP contribution in [0.1, 0.15) is 32.1 Å². The molecule has 1 fully saturated rings. The Balaban J connectivity index is 2.39. The van der Waals surface area contributed by atoms with Crippen LogP contribution >= 0.6 is 0 Å². The number of carboxylic acid groups (broad SMARTS) is 1. The van der Waals surface area contributed by atoms with Crippen molar-refractivity contribution in [1.82, 2.24) is 9.80 Å². The fourth-order valence-corrected chi connectivity index (χ4v) is 2.25. The SMILES string of the molecule is O=C(O)CCN(CCCO)CC(=O)N1CCCCC1. The van der Waals surface area contributed by atoms with Crippen molar-refractivity contribution in [2.45, 2.75) is 32.1 Å². The van der Waals surface area contributed by atoms with Gasteiger partial charge in [-0.1, -0.05) is 0 Å². The first kappa shape index (κ1) is 15.9. The van der Waals surface area contributed by atoms with E-state index in [1.165, 1.54) is 6.42 Å². The molecule has 0 unspecified atom stereocenters. The Morgan fingerprint density at radius 1 is 1.11 bits per heavy atom. The zero-order valence-electron chi connectivity index (χ0n) is 11.4. The zero-order valence-corrected chi connectivity index (χ0v) is 11.4. The number of piperidine rings is 1. The molecule has 110 valence electrons. The lowest BCUT2D eigenvalue weighted by Gasteiger charge is -2.29. The summed E-state index contributed by atoms with van der Waals surface area (Å²) in [6, 6.07) is 0. The first-order valence-corrected chi connectivity index (χ1v) is 6.96. The number of carbonyl (C=O) groups excluding carboxylic acids is 1. The third-order valence-electron chi connectivity index (χ3n) is 3.34. The molecular weight excluding hydrogens is 248 g/mol. The lowest BCUT2D eigenvalue weighted by molar-refractivity contribution is -0.138. The van der Waals surface area contributed by atoms with Gasteiger partial charge in [0.1, 0.15) is 0 Å². The number of amides is 1. The Morgan fingerprint density at radius 3 is 2.37 bits per heavy atom. The van der Waals surface area contributed by atoms with Crippen LogP contribution in [-0.4, -0.2) is 71.2 Å². The Bertz CT molecular complexity index is 290. The number of likely N-dealkylation sites (tertiary alicyclic amines) is 1. The predicted molar refractivity (Wildman–Crippen MR) is 70.8 cm³/mol. The molecule has 0 aliphatic carbocycles. The number of aliphatic hydroxyl groups is 1. The van der Waals surface area contributed by atoms with Crippen LogP contribution in [-0.2, 0) is 9.59 Å². The van der Waals surface area contributed by atoms with Crippen LogP contribution in [0, 0.1) is 0 Å². The zero-order chi connectivity index (χ0) is 14.1. The van der Waals surface area contributed by atoms with E-state index in [1.54, 1.807) is 0 Å². The van der Waals surface area contributed by atoms with Crippen molar-refractivity contribution in [3.05, 3.63) is 0 Å². The van der Waals surface area contributed by atoms with Gasteiger partial charge < -0.3 is 15.1 Å². The Morgan fingerprint density at radius 2 is 1.79 bits per heavy atom. The highest BCUT2D eigenvalue weighted by Crippen LogP contribution is 2.09. The molecule has 0 aromatic rings. The van der Waals surface area contributed by atoms with E-state index in [2.05, 4.69) is 0 Å². The molecule has 0 bridgehead atoms. The summed E-state index contributed by atoms with van der Waals surface area (Å²) in [6.07, 6.45) is 3.87. The van der Waals surface area contributed by atoms with Crippen molar-refractivity contribution in [1.29, 1.82) is 0 Å². The first-order chi connectivity index (χ1) is 9.13. The third-order valence-corrected chi connectivity index (χ3v) is 3.34. The Kier molecular flexibility index (Phi) is 7.43. The van der Waals surface area contributed by atoms with E-state index in [1.807, 2.05) is 9.80 Å². The highest BCUT2D eigenvalue weighted by atomic mass is 16.4. The number of aliphatic hydroxyl groups excluding tert-OH is 1. The molecule has 1 saturated heterocycles. The topological polar surface area (TPSA) is 81.1 Å². The summed E-state index contributed by atoms with van der Waals surface area (Å²) in [5.41, 5.74) is 0. The summed E-state index contributed by atoms with van der Waals surface area (Å²) in [7, 11) is 0. The van der Waals surface area contributed by atoms with Crippen molar-refractivity contribution in [3.8, 4) is 0 Å². The molecule has 0 aromatic carbocycles. The second-order valence-corrected chi connectivity index (χ2v) is 4.94. The minimum atomic E-state index is -0.862. The van der Waals surface area contributed by atoms with Crippen LogP contribution in [0.25, 0.3) is 0 Å². The molecule has 1 aliphatic rings. The van der Waals surface area contributed by atoms with Gasteiger partial charge >= 0.3 is 5.97 Å². The number of rotatable bonds is 8. The van der Waals surface area contributed by atoms with E-state index in [-0.39, 0.29) is 25.5 Å². The fraction of sp³-hybridized carbons (Fsp3) is 0.846. The van der Waals surface area contributed by atoms with Crippen LogP contribution in [0.4, 0.5) is 0 Å². The van der Waals surface area contributed by atoms with Gasteiger partial charge in [-0.15, -0.1) is 0 Å². The molecule has 0 radical (unpaired) electrons. The average molecular weight is 272 g/mol. The summed E-state index contributed by atoms with van der Waals surface area (Å²) in [4.78, 5) is 26.4. The Hall–Kier alpha value is -1.14. The van der Waals surface area contributed by atoms with Crippen molar-refractivity contribution in [2.75, 3.05) is 39.3 Å². The molecular formula is C13H24N2O4. The number of carboxylic acids is 1. The van der Waals surface area contributed by atoms with E-state index in [0.717, 1.165) is 25.9 Å². The van der Waals surface area contributed by atoms with Gasteiger partial charge in [0.05, 0.1) is 13.0 Å². The number of nitrogens with zero attached hydrogens (tertiary/aromatic N) is 2. The summed E-state index contributed by atoms with van der Waals surface area (Å²) < 4.78 is 0. The van der Waals surface area contributed by atoms with Gasteiger partial charge in [-0.05, 0) is 25.7 Å². The van der Waals surface area contributed by atoms with Gasteiger partial charge in [0.15, 0.2) is 0 Å². The van der Waals surface area contributed by atoms with Crippen molar-refractivity contribution < 1.29 is 19.8 Å². The molecule has 1 aliphatic heterocycles. The summed E-state index contributed by atoms with van der Waals surface area (Å²) >= 11 is 0. The van der Waals surface area contributed by atoms with E-state index >= 15 is 0 Å². The molecule has 2 N–H and O–H groups in total. The summed E-state index contributed by atoms with van der Waals surface area (Å²) in [6.45, 7) is 2.85. The second-order valence-electron chi connectivity index (χ2n) is 4.94. The van der Waals surface area contributed by atoms with Gasteiger partial charge in [0.2, 0.25) is 5.91 Å². The standard InChI is InChI=1S/C13H24N2O4/c16-10-4-6-14(9-5-13(18)19)11-12(17)15-7-2-1-3-8-15/h16H,1-11H2,(H,18,19). The van der Waals surface area contributed by atoms with E-state index in [4.69, 9.17) is 10.2 Å². The predicted octanol–water partition coefficient (Wildman–Crippen LogP) is 0.158. The largest absolute Gasteiger partial charge is 0.481 e. The highest BCUT2D eigenvalue weighted by molar-refractivity contribution is 5.78. The molecule has 1 amide bonds. The minimum absolute atomic E-state index is 0.0265. The third kappa shape index (κ3) is 6.54. The lowest BCUT2D eigenvalue weighted by atomic mass is 10.1. The number of carbonyl (C=O) groups is 2. The molecule has 0 aromatic heterocycles. The van der Waals surface area contributed by atoms with Crippen LogP contribution < -0.4 is 0 Å². The molecule has 1 rings (SSSR count). The number of hydrogen-bond donors (Lipinski definition) is 2. The molecule has 0 spiro atoms. The van der Waals surface area contributed by atoms with Gasteiger partial charge in [-0.2, -0.15) is 0 Å². The molecule has 0 saturated carbocycles. The maximum absolute atomic E-state index is 12.1. The van der Waals surface area contributed by atoms with Crippen LogP contribution in [0.2, 0.25) is 0 Å². The summed E-state index contributed by atoms with van der Waals surface area (Å²) in [5, 5.41) is 17.5. The molecule has 6 heteroatoms. The number of hydrogen-bond acceptors (Lipinski definition) is 4. The van der Waals surface area contributed by atoms with Gasteiger partial charge in [0.25, 0.3) is 0 Å². The number of aliphatic carboxylic acids is 1. The monoisotopic (exact) mass is 272 g/mol. The van der Waals surface area contributed by atoms with Crippen LogP contribution in [0.5, 0.6) is 0 Å². The molecule has 19 heavy (non-hydrogen) atoms. The maximum Gasteiger partial charge on any atom is 0.304 e. The highest BCUT2D eigenvalue weighted by Gasteiger charge is 2.19. The van der Waals surface area contributed by atoms with E-state index in [9.17, 15) is 9.59 Å². The van der Waals surface area contributed by atoms with E-state index < -0.39 is 5.97 Å². The fourth-order valence-electron chi connectivity index (χ4n) is 2.25. The quantitative estimate of drug-likeness (QED) is 0.658. The average Bonchev–Trinajstić information content (AvgIpc) is 2.42. The van der Waals surface area contributed by atoms with Crippen molar-refractivity contribution >= 4 is 11.9 Å². The lowest BCUT2D eigenvalue weighted by Crippen LogP contribution is -2.43. The van der Waals surface area contributed by atoms with Crippen molar-refractivity contribution in [3.63, 3.8) is 0 Å². The maximum atomic E-state index is 12.1. The molecule has 6 nitrogen and oxygen atoms in total. The van der Waals surface area contributed by atoms with Gasteiger partial charge in [0, 0.05) is 32.8 Å². The normalized spacial score (nSPS) is 15.8. The smallest absolute Gasteiger partial charge is 0.304 e. The van der Waals surface area contributed by atoms with Gasteiger partial charge in [-0.25, -0.2) is 0 Å². The first-order valence-electron chi connectivity index (χ1n) is 6.96. The van der Waals surface area contributed by atoms with Gasteiger partial charge in [-0.3, -0.25) is 14.5 Å².